The van der Waals surface area contributed by atoms with E-state index in [9.17, 15) is 4.79 Å². The van der Waals surface area contributed by atoms with Gasteiger partial charge in [0, 0.05) is 25.2 Å². The van der Waals surface area contributed by atoms with E-state index in [1.807, 2.05) is 4.90 Å². The summed E-state index contributed by atoms with van der Waals surface area (Å²) in [4.78, 5) is 14.1. The quantitative estimate of drug-likeness (QED) is 0.790. The fourth-order valence-electron chi connectivity index (χ4n) is 2.90. The van der Waals surface area contributed by atoms with E-state index in [1.165, 1.54) is 19.3 Å². The second-order valence-corrected chi connectivity index (χ2v) is 5.96. The topological polar surface area (TPSA) is 44.4 Å². The first-order chi connectivity index (χ1) is 8.66. The van der Waals surface area contributed by atoms with Gasteiger partial charge in [-0.05, 0) is 45.1 Å². The molecule has 2 aliphatic heterocycles. The average molecular weight is 253 g/mol. The fourth-order valence-corrected chi connectivity index (χ4v) is 2.90. The molecule has 0 radical (unpaired) electrons. The highest BCUT2D eigenvalue weighted by Crippen LogP contribution is 2.16. The lowest BCUT2D eigenvalue weighted by molar-refractivity contribution is 0.167. The van der Waals surface area contributed by atoms with E-state index in [4.69, 9.17) is 0 Å². The smallest absolute Gasteiger partial charge is 0.317 e. The number of nitrogens with one attached hydrogen (secondary N) is 2. The molecule has 2 amide bonds. The first-order valence-corrected chi connectivity index (χ1v) is 7.45. The van der Waals surface area contributed by atoms with Gasteiger partial charge in [0.1, 0.15) is 0 Å². The summed E-state index contributed by atoms with van der Waals surface area (Å²) in [7, 11) is 0. The largest absolute Gasteiger partial charge is 0.334 e. The van der Waals surface area contributed by atoms with Crippen LogP contribution in [0.15, 0.2) is 0 Å². The Morgan fingerprint density at radius 3 is 2.61 bits per heavy atom. The van der Waals surface area contributed by atoms with E-state index in [0.717, 1.165) is 38.4 Å². The van der Waals surface area contributed by atoms with Gasteiger partial charge in [-0.3, -0.25) is 0 Å². The molecule has 0 bridgehead atoms. The normalized spacial score (nSPS) is 27.9. The molecule has 2 N–H and O–H groups in total. The third-order valence-corrected chi connectivity index (χ3v) is 4.37. The number of urea groups is 1. The van der Waals surface area contributed by atoms with Crippen molar-refractivity contribution in [1.29, 1.82) is 0 Å². The molecule has 2 saturated heterocycles. The molecule has 2 atom stereocenters. The Morgan fingerprint density at radius 1 is 1.28 bits per heavy atom. The maximum absolute atomic E-state index is 12.1. The van der Waals surface area contributed by atoms with Crippen molar-refractivity contribution in [1.82, 2.24) is 15.5 Å². The van der Waals surface area contributed by atoms with Crippen LogP contribution in [0.4, 0.5) is 4.79 Å². The summed E-state index contributed by atoms with van der Waals surface area (Å²) in [5.41, 5.74) is 0. The van der Waals surface area contributed by atoms with Crippen LogP contribution >= 0.6 is 0 Å². The monoisotopic (exact) mass is 253 g/mol. The summed E-state index contributed by atoms with van der Waals surface area (Å²) in [5, 5.41) is 6.66. The summed E-state index contributed by atoms with van der Waals surface area (Å²) in [6.45, 7) is 7.30. The van der Waals surface area contributed by atoms with E-state index in [-0.39, 0.29) is 12.1 Å². The van der Waals surface area contributed by atoms with Crippen LogP contribution in [-0.2, 0) is 0 Å². The van der Waals surface area contributed by atoms with E-state index in [2.05, 4.69) is 24.5 Å². The van der Waals surface area contributed by atoms with Crippen molar-refractivity contribution >= 4 is 6.03 Å². The zero-order valence-corrected chi connectivity index (χ0v) is 11.7. The lowest BCUT2D eigenvalue weighted by atomic mass is 9.98. The molecule has 0 saturated carbocycles. The Bertz CT molecular complexity index is 268. The fraction of sp³-hybridized carbons (Fsp3) is 0.929. The lowest BCUT2D eigenvalue weighted by Gasteiger charge is -2.34. The molecule has 0 spiro atoms. The zero-order valence-electron chi connectivity index (χ0n) is 11.7. The van der Waals surface area contributed by atoms with Crippen LogP contribution in [0, 0.1) is 5.92 Å². The molecule has 2 rings (SSSR count). The standard InChI is InChI=1S/C14H27N3O/c1-11-6-9-17(10-7-11)14(18)16-12(2)13-5-3-4-8-15-13/h11-13,15H,3-10H2,1-2H3,(H,16,18). The number of carbonyl (C=O) groups excluding carboxylic acids is 1. The maximum Gasteiger partial charge on any atom is 0.317 e. The Hall–Kier alpha value is -0.770. The van der Waals surface area contributed by atoms with Crippen LogP contribution in [0.2, 0.25) is 0 Å². The molecule has 104 valence electrons. The number of rotatable bonds is 2. The van der Waals surface area contributed by atoms with Gasteiger partial charge in [0.2, 0.25) is 0 Å². The summed E-state index contributed by atoms with van der Waals surface area (Å²) in [6, 6.07) is 0.810. The van der Waals surface area contributed by atoms with Gasteiger partial charge in [0.25, 0.3) is 0 Å². The summed E-state index contributed by atoms with van der Waals surface area (Å²) >= 11 is 0. The van der Waals surface area contributed by atoms with Crippen molar-refractivity contribution in [2.45, 2.75) is 58.0 Å². The lowest BCUT2D eigenvalue weighted by Crippen LogP contribution is -2.54. The summed E-state index contributed by atoms with van der Waals surface area (Å²) in [6.07, 6.45) is 6.01. The van der Waals surface area contributed by atoms with Gasteiger partial charge in [0.05, 0.1) is 0 Å². The molecule has 2 unspecified atom stereocenters. The van der Waals surface area contributed by atoms with Crippen LogP contribution in [0.5, 0.6) is 0 Å². The number of hydrogen-bond donors (Lipinski definition) is 2. The van der Waals surface area contributed by atoms with Crippen LogP contribution in [-0.4, -0.2) is 42.6 Å². The highest BCUT2D eigenvalue weighted by Gasteiger charge is 2.25. The molecular formula is C14H27N3O. The van der Waals surface area contributed by atoms with Gasteiger partial charge in [-0.1, -0.05) is 13.3 Å². The number of nitrogens with zero attached hydrogens (tertiary/aromatic N) is 1. The van der Waals surface area contributed by atoms with Crippen molar-refractivity contribution < 1.29 is 4.79 Å². The highest BCUT2D eigenvalue weighted by molar-refractivity contribution is 5.74. The van der Waals surface area contributed by atoms with Crippen molar-refractivity contribution in [2.24, 2.45) is 5.92 Å². The van der Waals surface area contributed by atoms with Crippen LogP contribution in [0.3, 0.4) is 0 Å². The van der Waals surface area contributed by atoms with Gasteiger partial charge < -0.3 is 15.5 Å². The van der Waals surface area contributed by atoms with E-state index in [0.29, 0.717) is 6.04 Å². The molecule has 18 heavy (non-hydrogen) atoms. The Morgan fingerprint density at radius 2 is 2.00 bits per heavy atom. The minimum atomic E-state index is 0.127. The molecule has 4 heteroatoms. The number of carbonyl (C=O) groups is 1. The van der Waals surface area contributed by atoms with Crippen molar-refractivity contribution in [3.8, 4) is 0 Å². The summed E-state index contributed by atoms with van der Waals surface area (Å²) < 4.78 is 0. The van der Waals surface area contributed by atoms with Crippen molar-refractivity contribution in [2.75, 3.05) is 19.6 Å². The molecule has 0 aromatic carbocycles. The summed E-state index contributed by atoms with van der Waals surface area (Å²) in [5.74, 6) is 0.770. The molecule has 0 aromatic rings. The molecular weight excluding hydrogens is 226 g/mol. The number of likely N-dealkylation sites (tertiary alicyclic amines) is 1. The van der Waals surface area contributed by atoms with Crippen molar-refractivity contribution in [3.05, 3.63) is 0 Å². The Kier molecular flexibility index (Phi) is 4.87. The second-order valence-electron chi connectivity index (χ2n) is 5.96. The molecule has 0 aliphatic carbocycles. The molecule has 4 nitrogen and oxygen atoms in total. The number of hydrogen-bond acceptors (Lipinski definition) is 2. The number of amides is 2. The number of piperidine rings is 2. The Labute approximate surface area is 110 Å². The molecule has 0 aromatic heterocycles. The van der Waals surface area contributed by atoms with E-state index >= 15 is 0 Å². The zero-order chi connectivity index (χ0) is 13.0. The van der Waals surface area contributed by atoms with Gasteiger partial charge in [-0.15, -0.1) is 0 Å². The van der Waals surface area contributed by atoms with Crippen LogP contribution in [0.1, 0.15) is 46.0 Å². The third-order valence-electron chi connectivity index (χ3n) is 4.37. The van der Waals surface area contributed by atoms with Gasteiger partial charge in [-0.2, -0.15) is 0 Å². The maximum atomic E-state index is 12.1. The van der Waals surface area contributed by atoms with E-state index < -0.39 is 0 Å². The van der Waals surface area contributed by atoms with Gasteiger partial charge >= 0.3 is 6.03 Å². The molecule has 2 heterocycles. The first kappa shape index (κ1) is 13.7. The second kappa shape index (κ2) is 6.41. The third kappa shape index (κ3) is 3.61. The predicted molar refractivity (Wildman–Crippen MR) is 73.6 cm³/mol. The molecule has 2 aliphatic rings. The predicted octanol–water partition coefficient (Wildman–Crippen LogP) is 1.96. The SMILES string of the molecule is CC1CCN(C(=O)NC(C)C2CCCCN2)CC1. The highest BCUT2D eigenvalue weighted by atomic mass is 16.2. The van der Waals surface area contributed by atoms with Gasteiger partial charge in [-0.25, -0.2) is 4.79 Å². The first-order valence-electron chi connectivity index (χ1n) is 7.45. The minimum absolute atomic E-state index is 0.127. The van der Waals surface area contributed by atoms with E-state index in [1.54, 1.807) is 0 Å². The van der Waals surface area contributed by atoms with Crippen molar-refractivity contribution in [3.63, 3.8) is 0 Å². The van der Waals surface area contributed by atoms with Gasteiger partial charge in [0.15, 0.2) is 0 Å². The minimum Gasteiger partial charge on any atom is -0.334 e. The molecule has 2 fully saturated rings. The van der Waals surface area contributed by atoms with Crippen LogP contribution < -0.4 is 10.6 Å². The Balaban J connectivity index is 1.75. The average Bonchev–Trinajstić information content (AvgIpc) is 2.40. The van der Waals surface area contributed by atoms with Crippen LogP contribution in [0.25, 0.3) is 0 Å².